The summed E-state index contributed by atoms with van der Waals surface area (Å²) in [6.07, 6.45) is 22.8. The molecule has 0 radical (unpaired) electrons. The van der Waals surface area contributed by atoms with Crippen LogP contribution < -0.4 is 0 Å². The fourth-order valence-electron chi connectivity index (χ4n) is 2.41. The second kappa shape index (κ2) is 18.0. The van der Waals surface area contributed by atoms with Crippen LogP contribution in [0.5, 0.6) is 0 Å². The summed E-state index contributed by atoms with van der Waals surface area (Å²) in [5.41, 5.74) is 0. The number of hydrogen-bond acceptors (Lipinski definition) is 2. The lowest BCUT2D eigenvalue weighted by molar-refractivity contribution is -0.137. The third-order valence-electron chi connectivity index (χ3n) is 3.78. The van der Waals surface area contributed by atoms with Gasteiger partial charge in [0, 0.05) is 6.08 Å². The summed E-state index contributed by atoms with van der Waals surface area (Å²) in [4.78, 5) is 11.3. The molecular weight excluding hydrogens is 272 g/mol. The molecule has 0 aromatic heterocycles. The molecule has 0 fully saturated rings. The molecule has 0 amide bonds. The van der Waals surface area contributed by atoms with Gasteiger partial charge >= 0.3 is 5.97 Å². The highest BCUT2D eigenvalue weighted by atomic mass is 16.5. The summed E-state index contributed by atoms with van der Waals surface area (Å²) in [6, 6.07) is 0. The average Bonchev–Trinajstić information content (AvgIpc) is 2.52. The number of hydrogen-bond donors (Lipinski definition) is 0. The molecule has 128 valence electrons. The topological polar surface area (TPSA) is 26.3 Å². The Labute approximate surface area is 138 Å². The van der Waals surface area contributed by atoms with Gasteiger partial charge in [0.2, 0.25) is 0 Å². The molecule has 0 aliphatic rings. The van der Waals surface area contributed by atoms with E-state index in [0.717, 1.165) is 6.42 Å². The maximum Gasteiger partial charge on any atom is 0.330 e. The SMILES string of the molecule is CC=CC=CC(=O)OCCCCCCCCCCCCCC. The molecular formula is C20H36O2. The number of ether oxygens (including phenoxy) is 1. The number of allylic oxidation sites excluding steroid dienone is 3. The van der Waals surface area contributed by atoms with Gasteiger partial charge in [0.15, 0.2) is 0 Å². The molecule has 0 aliphatic heterocycles. The van der Waals surface area contributed by atoms with Crippen LogP contribution in [-0.4, -0.2) is 12.6 Å². The van der Waals surface area contributed by atoms with E-state index in [1.54, 1.807) is 6.08 Å². The maximum atomic E-state index is 11.3. The molecule has 0 bridgehead atoms. The van der Waals surface area contributed by atoms with E-state index in [1.807, 2.05) is 19.1 Å². The van der Waals surface area contributed by atoms with Gasteiger partial charge in [0.25, 0.3) is 0 Å². The average molecular weight is 309 g/mol. The first-order valence-electron chi connectivity index (χ1n) is 9.27. The largest absolute Gasteiger partial charge is 0.463 e. The quantitative estimate of drug-likeness (QED) is 0.152. The Morgan fingerprint density at radius 1 is 0.773 bits per heavy atom. The molecule has 0 aromatic rings. The summed E-state index contributed by atoms with van der Waals surface area (Å²) >= 11 is 0. The highest BCUT2D eigenvalue weighted by molar-refractivity contribution is 5.82. The Balaban J connectivity index is 3.15. The second-order valence-corrected chi connectivity index (χ2v) is 5.94. The minimum Gasteiger partial charge on any atom is -0.463 e. The van der Waals surface area contributed by atoms with Crippen molar-refractivity contribution in [3.05, 3.63) is 24.3 Å². The summed E-state index contributed by atoms with van der Waals surface area (Å²) in [5, 5.41) is 0. The van der Waals surface area contributed by atoms with Crippen molar-refractivity contribution in [1.29, 1.82) is 0 Å². The summed E-state index contributed by atoms with van der Waals surface area (Å²) in [5.74, 6) is -0.235. The molecule has 0 heterocycles. The van der Waals surface area contributed by atoms with Gasteiger partial charge in [-0.25, -0.2) is 4.79 Å². The normalized spacial score (nSPS) is 11.5. The fourth-order valence-corrected chi connectivity index (χ4v) is 2.41. The van der Waals surface area contributed by atoms with Gasteiger partial charge in [0.05, 0.1) is 6.61 Å². The number of rotatable bonds is 15. The van der Waals surface area contributed by atoms with E-state index in [-0.39, 0.29) is 5.97 Å². The van der Waals surface area contributed by atoms with Gasteiger partial charge in [-0.2, -0.15) is 0 Å². The van der Waals surface area contributed by atoms with Crippen molar-refractivity contribution in [2.45, 2.75) is 90.9 Å². The molecule has 0 N–H and O–H groups in total. The summed E-state index contributed by atoms with van der Waals surface area (Å²) in [6.45, 7) is 4.74. The molecule has 22 heavy (non-hydrogen) atoms. The van der Waals surface area contributed by atoms with Crippen molar-refractivity contribution in [1.82, 2.24) is 0 Å². The number of unbranched alkanes of at least 4 members (excludes halogenated alkanes) is 11. The Hall–Kier alpha value is -1.05. The highest BCUT2D eigenvalue weighted by Crippen LogP contribution is 2.11. The first kappa shape index (κ1) is 20.9. The Morgan fingerprint density at radius 3 is 1.77 bits per heavy atom. The van der Waals surface area contributed by atoms with Crippen molar-refractivity contribution in [3.8, 4) is 0 Å². The van der Waals surface area contributed by atoms with Gasteiger partial charge in [-0.1, -0.05) is 95.8 Å². The van der Waals surface area contributed by atoms with Gasteiger partial charge < -0.3 is 4.74 Å². The third kappa shape index (κ3) is 17.0. The lowest BCUT2D eigenvalue weighted by atomic mass is 10.1. The van der Waals surface area contributed by atoms with Gasteiger partial charge in [-0.3, -0.25) is 0 Å². The lowest BCUT2D eigenvalue weighted by Gasteiger charge is -2.03. The standard InChI is InChI=1S/C20H36O2/c1-3-5-7-8-9-10-11-12-13-14-15-17-19-22-20(21)18-16-6-4-2/h4,6,16,18H,3,5,7-15,17,19H2,1-2H3. The van der Waals surface area contributed by atoms with Gasteiger partial charge in [-0.05, 0) is 13.3 Å². The second-order valence-electron chi connectivity index (χ2n) is 5.94. The van der Waals surface area contributed by atoms with Crippen LogP contribution in [0.3, 0.4) is 0 Å². The van der Waals surface area contributed by atoms with Crippen LogP contribution in [0.2, 0.25) is 0 Å². The summed E-state index contributed by atoms with van der Waals surface area (Å²) < 4.78 is 5.12. The van der Waals surface area contributed by atoms with E-state index in [2.05, 4.69) is 6.92 Å². The van der Waals surface area contributed by atoms with E-state index in [9.17, 15) is 4.79 Å². The van der Waals surface area contributed by atoms with Crippen LogP contribution in [0.25, 0.3) is 0 Å². The van der Waals surface area contributed by atoms with Crippen LogP contribution in [-0.2, 0) is 9.53 Å². The first-order valence-corrected chi connectivity index (χ1v) is 9.27. The van der Waals surface area contributed by atoms with E-state index in [0.29, 0.717) is 6.61 Å². The van der Waals surface area contributed by atoms with Crippen LogP contribution in [0, 0.1) is 0 Å². The molecule has 0 aliphatic carbocycles. The summed E-state index contributed by atoms with van der Waals surface area (Å²) in [7, 11) is 0. The zero-order chi connectivity index (χ0) is 16.3. The van der Waals surface area contributed by atoms with Crippen LogP contribution in [0.15, 0.2) is 24.3 Å². The van der Waals surface area contributed by atoms with Crippen LogP contribution in [0.1, 0.15) is 90.9 Å². The molecule has 0 atom stereocenters. The van der Waals surface area contributed by atoms with Crippen LogP contribution >= 0.6 is 0 Å². The first-order chi connectivity index (χ1) is 10.8. The fraction of sp³-hybridized carbons (Fsp3) is 0.750. The monoisotopic (exact) mass is 308 g/mol. The van der Waals surface area contributed by atoms with Gasteiger partial charge in [0.1, 0.15) is 0 Å². The van der Waals surface area contributed by atoms with Crippen molar-refractivity contribution < 1.29 is 9.53 Å². The van der Waals surface area contributed by atoms with Crippen LogP contribution in [0.4, 0.5) is 0 Å². The van der Waals surface area contributed by atoms with E-state index < -0.39 is 0 Å². The Kier molecular flexibility index (Phi) is 17.1. The lowest BCUT2D eigenvalue weighted by Crippen LogP contribution is -2.02. The predicted octanol–water partition coefficient (Wildman–Crippen LogP) is 6.36. The minimum absolute atomic E-state index is 0.235. The van der Waals surface area contributed by atoms with E-state index in [1.165, 1.54) is 76.7 Å². The number of esters is 1. The molecule has 2 heteroatoms. The Bertz CT molecular complexity index is 292. The Morgan fingerprint density at radius 2 is 1.27 bits per heavy atom. The van der Waals surface area contributed by atoms with Crippen molar-refractivity contribution >= 4 is 5.97 Å². The molecule has 0 saturated carbocycles. The number of carbonyl (C=O) groups is 1. The van der Waals surface area contributed by atoms with Crippen molar-refractivity contribution in [3.63, 3.8) is 0 Å². The van der Waals surface area contributed by atoms with E-state index in [4.69, 9.17) is 4.74 Å². The molecule has 0 spiro atoms. The highest BCUT2D eigenvalue weighted by Gasteiger charge is 1.96. The molecule has 2 nitrogen and oxygen atoms in total. The zero-order valence-electron chi connectivity index (χ0n) is 14.8. The van der Waals surface area contributed by atoms with Gasteiger partial charge in [-0.15, -0.1) is 0 Å². The van der Waals surface area contributed by atoms with E-state index >= 15 is 0 Å². The van der Waals surface area contributed by atoms with Crippen molar-refractivity contribution in [2.24, 2.45) is 0 Å². The third-order valence-corrected chi connectivity index (χ3v) is 3.78. The minimum atomic E-state index is -0.235. The maximum absolute atomic E-state index is 11.3. The molecule has 0 rings (SSSR count). The molecule has 0 unspecified atom stereocenters. The number of carbonyl (C=O) groups excluding carboxylic acids is 1. The molecule has 0 aromatic carbocycles. The zero-order valence-corrected chi connectivity index (χ0v) is 14.8. The predicted molar refractivity (Wildman–Crippen MR) is 96.0 cm³/mol. The smallest absolute Gasteiger partial charge is 0.330 e. The van der Waals surface area contributed by atoms with Crippen molar-refractivity contribution in [2.75, 3.05) is 6.61 Å². The molecule has 0 saturated heterocycles.